The van der Waals surface area contributed by atoms with E-state index in [0.29, 0.717) is 0 Å². The van der Waals surface area contributed by atoms with Crippen molar-refractivity contribution in [3.63, 3.8) is 0 Å². The van der Waals surface area contributed by atoms with E-state index in [2.05, 4.69) is 5.73 Å². The third-order valence-corrected chi connectivity index (χ3v) is 0. The minimum Gasteiger partial charge on any atom is -0.371 e. The molecule has 0 aromatic heterocycles. The van der Waals surface area contributed by atoms with Gasteiger partial charge in [-0.15, -0.1) is 0 Å². The summed E-state index contributed by atoms with van der Waals surface area (Å²) >= 11 is 0. The molecule has 0 radical (unpaired) electrons. The Labute approximate surface area is 65.0 Å². The van der Waals surface area contributed by atoms with Gasteiger partial charge in [0, 0.05) is 0 Å². The molecule has 0 aliphatic carbocycles. The van der Waals surface area contributed by atoms with Gasteiger partial charge in [-0.05, 0) is 7.05 Å². The molecule has 7 nitrogen and oxygen atoms in total. The molecule has 0 unspecified atom stereocenters. The van der Waals surface area contributed by atoms with Crippen LogP contribution in [-0.4, -0.2) is 58.1 Å². The molecule has 0 aliphatic rings. The summed E-state index contributed by atoms with van der Waals surface area (Å²) in [6.45, 7) is -2.25. The second kappa shape index (κ2) is 99.9. The van der Waals surface area contributed by atoms with Gasteiger partial charge in [-0.25, -0.2) is 0 Å². The molecule has 0 saturated carbocycles. The average Bonchev–Trinajstić information content (AvgIpc) is 1.96. The molecule has 74 valence electrons. The van der Waals surface area contributed by atoms with Crippen LogP contribution in [0.4, 0.5) is 0 Å². The monoisotopic (exact) mass is 175 g/mol. The average molecular weight is 175 g/mol. The van der Waals surface area contributed by atoms with Crippen LogP contribution in [-0.2, 0) is 0 Å². The van der Waals surface area contributed by atoms with E-state index in [1.807, 2.05) is 0 Å². The van der Waals surface area contributed by atoms with Crippen LogP contribution in [0, 0.1) is 0 Å². The highest BCUT2D eigenvalue weighted by molar-refractivity contribution is 3.54. The van der Waals surface area contributed by atoms with Gasteiger partial charge in [-0.1, -0.05) is 0 Å². The first kappa shape index (κ1) is 22.4. The van der Waals surface area contributed by atoms with E-state index in [9.17, 15) is 0 Å². The SMILES string of the molecule is CN.OCO.OCO.OCO. The van der Waals surface area contributed by atoms with E-state index >= 15 is 0 Å². The lowest BCUT2D eigenvalue weighted by atomic mass is 11.6. The number of hydrogen-bond donors (Lipinski definition) is 7. The van der Waals surface area contributed by atoms with Crippen LogP contribution >= 0.6 is 0 Å². The highest BCUT2D eigenvalue weighted by Crippen LogP contribution is 1.17. The fraction of sp³-hybridized carbons (Fsp3) is 1.00. The van der Waals surface area contributed by atoms with Crippen molar-refractivity contribution in [3.8, 4) is 0 Å². The Balaban J connectivity index is -0.0000000301. The predicted molar refractivity (Wildman–Crippen MR) is 38.0 cm³/mol. The summed E-state index contributed by atoms with van der Waals surface area (Å²) in [5.41, 5.74) is 4.50. The molecule has 0 amide bonds. The van der Waals surface area contributed by atoms with Crippen molar-refractivity contribution in [1.82, 2.24) is 0 Å². The second-order valence-electron chi connectivity index (χ2n) is 0.424. The maximum Gasteiger partial charge on any atom is 0.140 e. The lowest BCUT2D eigenvalue weighted by molar-refractivity contribution is 0.0767. The summed E-state index contributed by atoms with van der Waals surface area (Å²) in [7, 11) is 1.50. The van der Waals surface area contributed by atoms with Crippen molar-refractivity contribution in [2.45, 2.75) is 0 Å². The van der Waals surface area contributed by atoms with Crippen molar-refractivity contribution in [3.05, 3.63) is 0 Å². The van der Waals surface area contributed by atoms with E-state index in [4.69, 9.17) is 30.6 Å². The molecule has 0 rings (SSSR count). The number of rotatable bonds is 0. The summed E-state index contributed by atoms with van der Waals surface area (Å²) < 4.78 is 0. The van der Waals surface area contributed by atoms with Crippen LogP contribution in [0.3, 0.4) is 0 Å². The molecule has 0 atom stereocenters. The zero-order valence-electron chi connectivity index (χ0n) is 6.38. The molecule has 0 saturated heterocycles. The minimum absolute atomic E-state index is 0.750. The summed E-state index contributed by atoms with van der Waals surface area (Å²) in [5, 5.41) is 42.8. The first-order valence-electron chi connectivity index (χ1n) is 2.47. The standard InChI is InChI=1S/CH5N.3CH4O2/c1-2;3*2-1-3/h2H2,1H3;3*2-3H,1H2. The van der Waals surface area contributed by atoms with Crippen LogP contribution in [0.25, 0.3) is 0 Å². The van der Waals surface area contributed by atoms with Gasteiger partial charge in [-0.2, -0.15) is 0 Å². The zero-order chi connectivity index (χ0) is 10.1. The molecule has 8 N–H and O–H groups in total. The van der Waals surface area contributed by atoms with Gasteiger partial charge in [0.25, 0.3) is 0 Å². The Hall–Kier alpha value is -0.280. The van der Waals surface area contributed by atoms with Crippen molar-refractivity contribution in [2.24, 2.45) is 5.73 Å². The van der Waals surface area contributed by atoms with Gasteiger partial charge in [0.1, 0.15) is 20.4 Å². The Morgan fingerprint density at radius 1 is 0.636 bits per heavy atom. The number of aliphatic hydroxyl groups excluding tert-OH is 3. The van der Waals surface area contributed by atoms with Gasteiger partial charge in [0.05, 0.1) is 0 Å². The molecule has 0 heterocycles. The molecule has 11 heavy (non-hydrogen) atoms. The topological polar surface area (TPSA) is 147 Å². The third-order valence-electron chi connectivity index (χ3n) is 0. The van der Waals surface area contributed by atoms with Gasteiger partial charge >= 0.3 is 0 Å². The van der Waals surface area contributed by atoms with Crippen molar-refractivity contribution < 1.29 is 30.6 Å². The molecule has 0 aromatic rings. The highest BCUT2D eigenvalue weighted by Gasteiger charge is 1.33. The molecular formula is C4H17NO6. The van der Waals surface area contributed by atoms with E-state index in [0.717, 1.165) is 0 Å². The van der Waals surface area contributed by atoms with Gasteiger partial charge < -0.3 is 36.4 Å². The van der Waals surface area contributed by atoms with E-state index in [1.165, 1.54) is 7.05 Å². The fourth-order valence-electron chi connectivity index (χ4n) is 0. The van der Waals surface area contributed by atoms with Crippen molar-refractivity contribution in [1.29, 1.82) is 0 Å². The first-order chi connectivity index (χ1) is 5.24. The largest absolute Gasteiger partial charge is 0.371 e. The molecule has 0 aliphatic heterocycles. The first-order valence-corrected chi connectivity index (χ1v) is 2.47. The van der Waals surface area contributed by atoms with Crippen molar-refractivity contribution in [2.75, 3.05) is 27.4 Å². The number of aliphatic hydroxyl groups is 6. The number of hydrogen-bond acceptors (Lipinski definition) is 7. The second-order valence-corrected chi connectivity index (χ2v) is 0.424. The Morgan fingerprint density at radius 3 is 0.636 bits per heavy atom. The quantitative estimate of drug-likeness (QED) is 0.188. The maximum absolute atomic E-state index is 7.12. The molecule has 0 bridgehead atoms. The zero-order valence-corrected chi connectivity index (χ0v) is 6.38. The Kier molecular flexibility index (Phi) is 204. The van der Waals surface area contributed by atoms with E-state index < -0.39 is 20.4 Å². The summed E-state index contributed by atoms with van der Waals surface area (Å²) in [5.74, 6) is 0. The predicted octanol–water partition coefficient (Wildman–Crippen LogP) is -3.64. The van der Waals surface area contributed by atoms with Crippen LogP contribution in [0.5, 0.6) is 0 Å². The Bertz CT molecular complexity index is 19.3. The fourth-order valence-corrected chi connectivity index (χ4v) is 0. The summed E-state index contributed by atoms with van der Waals surface area (Å²) in [6, 6.07) is 0. The molecule has 0 fully saturated rings. The van der Waals surface area contributed by atoms with Gasteiger partial charge in [-0.3, -0.25) is 0 Å². The van der Waals surface area contributed by atoms with Crippen LogP contribution in [0.15, 0.2) is 0 Å². The maximum atomic E-state index is 7.12. The molecule has 0 aromatic carbocycles. The van der Waals surface area contributed by atoms with Crippen molar-refractivity contribution >= 4 is 0 Å². The minimum atomic E-state index is -0.750. The van der Waals surface area contributed by atoms with Gasteiger partial charge in [0.2, 0.25) is 0 Å². The normalized spacial score (nSPS) is 5.45. The van der Waals surface area contributed by atoms with Crippen LogP contribution < -0.4 is 5.73 Å². The number of nitrogens with two attached hydrogens (primary N) is 1. The van der Waals surface area contributed by atoms with Crippen LogP contribution in [0.2, 0.25) is 0 Å². The lowest BCUT2D eigenvalue weighted by Crippen LogP contribution is -1.69. The molecular weight excluding hydrogens is 158 g/mol. The smallest absolute Gasteiger partial charge is 0.140 e. The van der Waals surface area contributed by atoms with E-state index in [1.54, 1.807) is 0 Å². The van der Waals surface area contributed by atoms with Gasteiger partial charge in [0.15, 0.2) is 0 Å². The summed E-state index contributed by atoms with van der Waals surface area (Å²) in [6.07, 6.45) is 0. The molecule has 7 heteroatoms. The van der Waals surface area contributed by atoms with Crippen LogP contribution in [0.1, 0.15) is 0 Å². The molecule has 0 spiro atoms. The van der Waals surface area contributed by atoms with E-state index in [-0.39, 0.29) is 0 Å². The summed E-state index contributed by atoms with van der Waals surface area (Å²) in [4.78, 5) is 0. The lowest BCUT2D eigenvalue weighted by Gasteiger charge is -1.55. The Morgan fingerprint density at radius 2 is 0.636 bits per heavy atom. The third kappa shape index (κ3) is 7390. The highest BCUT2D eigenvalue weighted by atomic mass is 16.5.